The zero-order valence-corrected chi connectivity index (χ0v) is 13.0. The van der Waals surface area contributed by atoms with Gasteiger partial charge in [-0.25, -0.2) is 0 Å². The Bertz CT molecular complexity index is 393. The fourth-order valence-electron chi connectivity index (χ4n) is 1.73. The number of ether oxygens (including phenoxy) is 2. The normalized spacial score (nSPS) is 12.5. The van der Waals surface area contributed by atoms with Crippen LogP contribution in [0.4, 0.5) is 0 Å². The van der Waals surface area contributed by atoms with Crippen molar-refractivity contribution in [2.45, 2.75) is 27.3 Å². The van der Waals surface area contributed by atoms with Gasteiger partial charge >= 0.3 is 0 Å². The molecule has 4 nitrogen and oxygen atoms in total. The summed E-state index contributed by atoms with van der Waals surface area (Å²) in [7, 11) is 1.64. The van der Waals surface area contributed by atoms with Crippen LogP contribution in [0.1, 0.15) is 26.3 Å². The Kier molecular flexibility index (Phi) is 7.41. The molecule has 0 amide bonds. The molecule has 0 bridgehead atoms. The maximum absolute atomic E-state index is 9.01. The molecule has 114 valence electrons. The zero-order chi connectivity index (χ0) is 15.0. The van der Waals surface area contributed by atoms with E-state index in [1.807, 2.05) is 25.1 Å². The molecule has 0 saturated carbocycles. The minimum atomic E-state index is 0.118. The van der Waals surface area contributed by atoms with Gasteiger partial charge in [0.05, 0.1) is 13.7 Å². The van der Waals surface area contributed by atoms with Gasteiger partial charge in [0, 0.05) is 19.1 Å². The lowest BCUT2D eigenvalue weighted by atomic mass is 10.1. The minimum absolute atomic E-state index is 0.118. The van der Waals surface area contributed by atoms with Crippen molar-refractivity contribution >= 4 is 0 Å². The van der Waals surface area contributed by atoms with E-state index in [4.69, 9.17) is 14.6 Å². The lowest BCUT2D eigenvalue weighted by Crippen LogP contribution is -2.19. The Morgan fingerprint density at radius 2 is 1.95 bits per heavy atom. The zero-order valence-electron chi connectivity index (χ0n) is 13.0. The van der Waals surface area contributed by atoms with Gasteiger partial charge < -0.3 is 19.9 Å². The second kappa shape index (κ2) is 8.82. The van der Waals surface area contributed by atoms with Crippen LogP contribution in [0.25, 0.3) is 0 Å². The molecular weight excluding hydrogens is 254 g/mol. The van der Waals surface area contributed by atoms with Crippen molar-refractivity contribution in [2.24, 2.45) is 11.8 Å². The fourth-order valence-corrected chi connectivity index (χ4v) is 1.73. The van der Waals surface area contributed by atoms with Crippen LogP contribution in [0.5, 0.6) is 11.5 Å². The molecule has 0 aliphatic heterocycles. The minimum Gasteiger partial charge on any atom is -0.493 e. The van der Waals surface area contributed by atoms with Crippen molar-refractivity contribution in [1.82, 2.24) is 5.32 Å². The standard InChI is InChI=1S/C16H27NO3/c1-12(2)8-17-9-14-5-6-15(16(7-14)19-4)20-11-13(3)10-18/h5-7,12-13,17-18H,8-11H2,1-4H3. The topological polar surface area (TPSA) is 50.7 Å². The van der Waals surface area contributed by atoms with E-state index in [2.05, 4.69) is 19.2 Å². The second-order valence-electron chi connectivity index (χ2n) is 5.61. The van der Waals surface area contributed by atoms with Crippen molar-refractivity contribution in [2.75, 3.05) is 26.9 Å². The lowest BCUT2D eigenvalue weighted by Gasteiger charge is -2.15. The first kappa shape index (κ1) is 16.8. The molecule has 0 fully saturated rings. The number of methoxy groups -OCH3 is 1. The van der Waals surface area contributed by atoms with Gasteiger partial charge in [0.25, 0.3) is 0 Å². The maximum atomic E-state index is 9.01. The number of benzene rings is 1. The second-order valence-corrected chi connectivity index (χ2v) is 5.61. The number of hydrogen-bond acceptors (Lipinski definition) is 4. The van der Waals surface area contributed by atoms with Crippen LogP contribution in [0.3, 0.4) is 0 Å². The van der Waals surface area contributed by atoms with Gasteiger partial charge in [-0.1, -0.05) is 26.8 Å². The van der Waals surface area contributed by atoms with Crippen LogP contribution in [0.15, 0.2) is 18.2 Å². The molecule has 1 aromatic rings. The molecule has 0 aliphatic rings. The van der Waals surface area contributed by atoms with E-state index in [9.17, 15) is 0 Å². The van der Waals surface area contributed by atoms with Gasteiger partial charge in [0.15, 0.2) is 11.5 Å². The first-order valence-corrected chi connectivity index (χ1v) is 7.18. The molecule has 2 N–H and O–H groups in total. The number of aliphatic hydroxyl groups is 1. The summed E-state index contributed by atoms with van der Waals surface area (Å²) in [4.78, 5) is 0. The van der Waals surface area contributed by atoms with E-state index in [-0.39, 0.29) is 12.5 Å². The third kappa shape index (κ3) is 5.80. The summed E-state index contributed by atoms with van der Waals surface area (Å²) >= 11 is 0. The Morgan fingerprint density at radius 3 is 2.55 bits per heavy atom. The molecule has 0 heterocycles. The van der Waals surface area contributed by atoms with E-state index in [1.165, 1.54) is 5.56 Å². The van der Waals surface area contributed by atoms with Crippen molar-refractivity contribution in [3.05, 3.63) is 23.8 Å². The summed E-state index contributed by atoms with van der Waals surface area (Å²) in [5.74, 6) is 2.21. The highest BCUT2D eigenvalue weighted by Gasteiger charge is 2.08. The van der Waals surface area contributed by atoms with Crippen LogP contribution in [0, 0.1) is 11.8 Å². The summed E-state index contributed by atoms with van der Waals surface area (Å²) in [5.41, 5.74) is 1.17. The Hall–Kier alpha value is -1.26. The van der Waals surface area contributed by atoms with Gasteiger partial charge in [-0.3, -0.25) is 0 Å². The molecular formula is C16H27NO3. The van der Waals surface area contributed by atoms with Crippen molar-refractivity contribution in [3.8, 4) is 11.5 Å². The molecule has 1 atom stereocenters. The van der Waals surface area contributed by atoms with Crippen molar-refractivity contribution < 1.29 is 14.6 Å². The van der Waals surface area contributed by atoms with Crippen LogP contribution in [-0.2, 0) is 6.54 Å². The van der Waals surface area contributed by atoms with Gasteiger partial charge in [0.1, 0.15) is 0 Å². The lowest BCUT2D eigenvalue weighted by molar-refractivity contribution is 0.171. The molecule has 1 aromatic carbocycles. The Labute approximate surface area is 122 Å². The molecule has 1 rings (SSSR count). The molecule has 0 aliphatic carbocycles. The third-order valence-corrected chi connectivity index (χ3v) is 2.94. The number of rotatable bonds is 9. The molecule has 20 heavy (non-hydrogen) atoms. The molecule has 0 saturated heterocycles. The molecule has 1 unspecified atom stereocenters. The Morgan fingerprint density at radius 1 is 1.20 bits per heavy atom. The predicted molar refractivity (Wildman–Crippen MR) is 81.3 cm³/mol. The smallest absolute Gasteiger partial charge is 0.161 e. The van der Waals surface area contributed by atoms with Crippen molar-refractivity contribution in [1.29, 1.82) is 0 Å². The van der Waals surface area contributed by atoms with E-state index in [1.54, 1.807) is 7.11 Å². The van der Waals surface area contributed by atoms with Crippen LogP contribution in [0.2, 0.25) is 0 Å². The van der Waals surface area contributed by atoms with Gasteiger partial charge in [0.2, 0.25) is 0 Å². The quantitative estimate of drug-likeness (QED) is 0.730. The molecule has 0 spiro atoms. The highest BCUT2D eigenvalue weighted by molar-refractivity contribution is 5.42. The summed E-state index contributed by atoms with van der Waals surface area (Å²) in [5, 5.41) is 12.4. The van der Waals surface area contributed by atoms with E-state index in [0.717, 1.165) is 24.6 Å². The third-order valence-electron chi connectivity index (χ3n) is 2.94. The van der Waals surface area contributed by atoms with Gasteiger partial charge in [-0.15, -0.1) is 0 Å². The molecule has 4 heteroatoms. The number of hydrogen-bond donors (Lipinski definition) is 2. The average Bonchev–Trinajstić information content (AvgIpc) is 2.44. The van der Waals surface area contributed by atoms with Crippen LogP contribution in [-0.4, -0.2) is 32.0 Å². The van der Waals surface area contributed by atoms with Crippen LogP contribution < -0.4 is 14.8 Å². The summed E-state index contributed by atoms with van der Waals surface area (Å²) in [6, 6.07) is 5.95. The SMILES string of the molecule is COc1cc(CNCC(C)C)ccc1OCC(C)CO. The fraction of sp³-hybridized carbons (Fsp3) is 0.625. The van der Waals surface area contributed by atoms with Crippen molar-refractivity contribution in [3.63, 3.8) is 0 Å². The highest BCUT2D eigenvalue weighted by atomic mass is 16.5. The maximum Gasteiger partial charge on any atom is 0.161 e. The van der Waals surface area contributed by atoms with Crippen LogP contribution >= 0.6 is 0 Å². The monoisotopic (exact) mass is 281 g/mol. The predicted octanol–water partition coefficient (Wildman–Crippen LogP) is 2.45. The number of aliphatic hydroxyl groups excluding tert-OH is 1. The summed E-state index contributed by atoms with van der Waals surface area (Å²) in [6.45, 7) is 8.74. The molecule has 0 radical (unpaired) electrons. The summed E-state index contributed by atoms with van der Waals surface area (Å²) < 4.78 is 11.0. The molecule has 0 aromatic heterocycles. The Balaban J connectivity index is 2.60. The number of nitrogens with one attached hydrogen (secondary N) is 1. The van der Waals surface area contributed by atoms with E-state index < -0.39 is 0 Å². The van der Waals surface area contributed by atoms with E-state index in [0.29, 0.717) is 12.5 Å². The average molecular weight is 281 g/mol. The first-order valence-electron chi connectivity index (χ1n) is 7.18. The largest absolute Gasteiger partial charge is 0.493 e. The summed E-state index contributed by atoms with van der Waals surface area (Å²) in [6.07, 6.45) is 0. The van der Waals surface area contributed by atoms with Gasteiger partial charge in [-0.2, -0.15) is 0 Å². The van der Waals surface area contributed by atoms with E-state index >= 15 is 0 Å². The highest BCUT2D eigenvalue weighted by Crippen LogP contribution is 2.28. The van der Waals surface area contributed by atoms with Gasteiger partial charge in [-0.05, 0) is 30.2 Å². The first-order chi connectivity index (χ1) is 9.56.